The second-order valence-corrected chi connectivity index (χ2v) is 5.17. The van der Waals surface area contributed by atoms with Crippen molar-refractivity contribution < 1.29 is 14.3 Å². The van der Waals surface area contributed by atoms with E-state index in [2.05, 4.69) is 0 Å². The van der Waals surface area contributed by atoms with Gasteiger partial charge in [0.2, 0.25) is 0 Å². The van der Waals surface area contributed by atoms with Crippen molar-refractivity contribution in [3.8, 4) is 5.75 Å². The predicted octanol–water partition coefficient (Wildman–Crippen LogP) is 4.76. The SMILES string of the molecule is CCCCOC(=O)[C@H](C)Oc1cc(Cl)c(Cl)c(Cl)c1. The van der Waals surface area contributed by atoms with Crippen LogP contribution >= 0.6 is 34.8 Å². The average Bonchev–Trinajstić information content (AvgIpc) is 2.36. The van der Waals surface area contributed by atoms with E-state index in [1.54, 1.807) is 6.92 Å². The third-order valence-corrected chi connectivity index (χ3v) is 3.54. The largest absolute Gasteiger partial charge is 0.479 e. The lowest BCUT2D eigenvalue weighted by molar-refractivity contribution is -0.151. The Morgan fingerprint density at radius 3 is 2.37 bits per heavy atom. The Bertz CT molecular complexity index is 426. The minimum atomic E-state index is -0.731. The standard InChI is InChI=1S/C13H15Cl3O3/c1-3-4-5-18-13(17)8(2)19-9-6-10(14)12(16)11(15)7-9/h6-8H,3-5H2,1-2H3/t8-/m0/s1. The number of carbonyl (C=O) groups is 1. The lowest BCUT2D eigenvalue weighted by Crippen LogP contribution is -2.26. The molecule has 106 valence electrons. The first kappa shape index (κ1) is 16.4. The normalized spacial score (nSPS) is 12.1. The Balaban J connectivity index is 2.61. The molecule has 19 heavy (non-hydrogen) atoms. The minimum absolute atomic E-state index is 0.258. The number of hydrogen-bond acceptors (Lipinski definition) is 3. The highest BCUT2D eigenvalue weighted by Gasteiger charge is 2.17. The maximum atomic E-state index is 11.6. The summed E-state index contributed by atoms with van der Waals surface area (Å²) in [6.07, 6.45) is 1.06. The van der Waals surface area contributed by atoms with Crippen LogP contribution in [-0.4, -0.2) is 18.7 Å². The number of rotatable bonds is 6. The summed E-state index contributed by atoms with van der Waals surface area (Å²) < 4.78 is 10.5. The first-order valence-corrected chi connectivity index (χ1v) is 7.07. The monoisotopic (exact) mass is 324 g/mol. The molecular formula is C13H15Cl3O3. The van der Waals surface area contributed by atoms with E-state index in [0.29, 0.717) is 12.4 Å². The summed E-state index contributed by atoms with van der Waals surface area (Å²) in [5.41, 5.74) is 0. The molecule has 1 aromatic carbocycles. The van der Waals surface area contributed by atoms with E-state index in [4.69, 9.17) is 44.3 Å². The summed E-state index contributed by atoms with van der Waals surface area (Å²) in [6, 6.07) is 3.01. The van der Waals surface area contributed by atoms with Crippen molar-refractivity contribution in [3.05, 3.63) is 27.2 Å². The molecule has 0 saturated carbocycles. The first-order valence-electron chi connectivity index (χ1n) is 5.93. The van der Waals surface area contributed by atoms with Gasteiger partial charge < -0.3 is 9.47 Å². The van der Waals surface area contributed by atoms with Crippen LogP contribution in [-0.2, 0) is 9.53 Å². The third kappa shape index (κ3) is 5.09. The van der Waals surface area contributed by atoms with Gasteiger partial charge in [-0.1, -0.05) is 48.1 Å². The van der Waals surface area contributed by atoms with Crippen LogP contribution in [0.3, 0.4) is 0 Å². The molecule has 6 heteroatoms. The smallest absolute Gasteiger partial charge is 0.347 e. The van der Waals surface area contributed by atoms with Gasteiger partial charge in [-0.25, -0.2) is 4.79 Å². The molecular weight excluding hydrogens is 310 g/mol. The maximum Gasteiger partial charge on any atom is 0.347 e. The van der Waals surface area contributed by atoms with Crippen molar-refractivity contribution in [3.63, 3.8) is 0 Å². The number of halogens is 3. The van der Waals surface area contributed by atoms with Crippen LogP contribution in [0.4, 0.5) is 0 Å². The molecule has 0 fully saturated rings. The molecule has 0 heterocycles. The van der Waals surface area contributed by atoms with Crippen molar-refractivity contribution in [1.82, 2.24) is 0 Å². The van der Waals surface area contributed by atoms with Gasteiger partial charge in [0, 0.05) is 12.1 Å². The first-order chi connectivity index (χ1) is 8.95. The molecule has 0 aliphatic heterocycles. The zero-order valence-electron chi connectivity index (χ0n) is 10.7. The fourth-order valence-corrected chi connectivity index (χ4v) is 1.86. The summed E-state index contributed by atoms with van der Waals surface area (Å²) in [5, 5.41) is 0.806. The summed E-state index contributed by atoms with van der Waals surface area (Å²) >= 11 is 17.6. The van der Waals surface area contributed by atoms with Crippen LogP contribution in [0.15, 0.2) is 12.1 Å². The van der Waals surface area contributed by atoms with Gasteiger partial charge in [0.05, 0.1) is 21.7 Å². The summed E-state index contributed by atoms with van der Waals surface area (Å²) in [7, 11) is 0. The number of ether oxygens (including phenoxy) is 2. The Morgan fingerprint density at radius 2 is 1.84 bits per heavy atom. The molecule has 1 aromatic rings. The molecule has 0 spiro atoms. The quantitative estimate of drug-likeness (QED) is 0.430. The number of benzene rings is 1. The highest BCUT2D eigenvalue weighted by Crippen LogP contribution is 2.34. The fraction of sp³-hybridized carbons (Fsp3) is 0.462. The zero-order valence-corrected chi connectivity index (χ0v) is 13.0. The molecule has 3 nitrogen and oxygen atoms in total. The van der Waals surface area contributed by atoms with E-state index in [1.807, 2.05) is 6.92 Å². The van der Waals surface area contributed by atoms with E-state index >= 15 is 0 Å². The Hall–Kier alpha value is -0.640. The van der Waals surface area contributed by atoms with Crippen molar-refractivity contribution in [2.75, 3.05) is 6.61 Å². The van der Waals surface area contributed by atoms with Gasteiger partial charge in [0.25, 0.3) is 0 Å². The molecule has 0 amide bonds. The minimum Gasteiger partial charge on any atom is -0.479 e. The molecule has 0 bridgehead atoms. The molecule has 0 radical (unpaired) electrons. The zero-order chi connectivity index (χ0) is 14.4. The summed E-state index contributed by atoms with van der Waals surface area (Å²) in [6.45, 7) is 4.02. The summed E-state index contributed by atoms with van der Waals surface area (Å²) in [5.74, 6) is -0.0463. The van der Waals surface area contributed by atoms with Crippen molar-refractivity contribution >= 4 is 40.8 Å². The van der Waals surface area contributed by atoms with Crippen molar-refractivity contribution in [1.29, 1.82) is 0 Å². The summed E-state index contributed by atoms with van der Waals surface area (Å²) in [4.78, 5) is 11.6. The van der Waals surface area contributed by atoms with Crippen LogP contribution < -0.4 is 4.74 Å². The number of esters is 1. The van der Waals surface area contributed by atoms with Crippen LogP contribution in [0.5, 0.6) is 5.75 Å². The van der Waals surface area contributed by atoms with E-state index in [9.17, 15) is 4.79 Å². The lowest BCUT2D eigenvalue weighted by Gasteiger charge is -2.14. The van der Waals surface area contributed by atoms with Gasteiger partial charge in [-0.15, -0.1) is 0 Å². The number of unbranched alkanes of at least 4 members (excludes halogenated alkanes) is 1. The molecule has 0 N–H and O–H groups in total. The van der Waals surface area contributed by atoms with Crippen LogP contribution in [0.25, 0.3) is 0 Å². The van der Waals surface area contributed by atoms with E-state index in [-0.39, 0.29) is 15.1 Å². The van der Waals surface area contributed by atoms with Crippen LogP contribution in [0, 0.1) is 0 Å². The van der Waals surface area contributed by atoms with Crippen LogP contribution in [0.2, 0.25) is 15.1 Å². The molecule has 0 unspecified atom stereocenters. The van der Waals surface area contributed by atoms with Gasteiger partial charge in [0.15, 0.2) is 6.10 Å². The van der Waals surface area contributed by atoms with E-state index < -0.39 is 12.1 Å². The highest BCUT2D eigenvalue weighted by atomic mass is 35.5. The van der Waals surface area contributed by atoms with Crippen molar-refractivity contribution in [2.24, 2.45) is 0 Å². The second kappa shape index (κ2) is 7.83. The second-order valence-electron chi connectivity index (χ2n) is 3.98. The van der Waals surface area contributed by atoms with Gasteiger partial charge in [-0.05, 0) is 13.3 Å². The van der Waals surface area contributed by atoms with E-state index in [0.717, 1.165) is 12.8 Å². The number of hydrogen-bond donors (Lipinski definition) is 0. The Labute approximate surface area is 127 Å². The Kier molecular flexibility index (Phi) is 6.76. The van der Waals surface area contributed by atoms with E-state index in [1.165, 1.54) is 12.1 Å². The molecule has 0 aliphatic carbocycles. The number of carbonyl (C=O) groups excluding carboxylic acids is 1. The molecule has 0 aromatic heterocycles. The molecule has 1 atom stereocenters. The topological polar surface area (TPSA) is 35.5 Å². The fourth-order valence-electron chi connectivity index (χ4n) is 1.29. The highest BCUT2D eigenvalue weighted by molar-refractivity contribution is 6.48. The predicted molar refractivity (Wildman–Crippen MR) is 77.4 cm³/mol. The molecule has 0 saturated heterocycles. The molecule has 0 aliphatic rings. The van der Waals surface area contributed by atoms with Gasteiger partial charge in [-0.2, -0.15) is 0 Å². The van der Waals surface area contributed by atoms with Gasteiger partial charge in [-0.3, -0.25) is 0 Å². The maximum absolute atomic E-state index is 11.6. The van der Waals surface area contributed by atoms with Gasteiger partial charge >= 0.3 is 5.97 Å². The molecule has 1 rings (SSSR count). The van der Waals surface area contributed by atoms with Gasteiger partial charge in [0.1, 0.15) is 5.75 Å². The van der Waals surface area contributed by atoms with Crippen molar-refractivity contribution in [2.45, 2.75) is 32.8 Å². The van der Waals surface area contributed by atoms with Crippen LogP contribution in [0.1, 0.15) is 26.7 Å². The lowest BCUT2D eigenvalue weighted by atomic mass is 10.3. The Morgan fingerprint density at radius 1 is 1.26 bits per heavy atom. The average molecular weight is 326 g/mol. The third-order valence-electron chi connectivity index (χ3n) is 2.34.